The highest BCUT2D eigenvalue weighted by Crippen LogP contribution is 2.21. The molecule has 2 aromatic rings. The fourth-order valence-corrected chi connectivity index (χ4v) is 1.71. The first-order chi connectivity index (χ1) is 9.77. The van der Waals surface area contributed by atoms with Crippen LogP contribution in [0.3, 0.4) is 0 Å². The van der Waals surface area contributed by atoms with E-state index in [1.54, 1.807) is 0 Å². The van der Waals surface area contributed by atoms with E-state index in [9.17, 15) is 26.1 Å². The molecule has 2 aromatic carbocycles. The van der Waals surface area contributed by atoms with E-state index in [-0.39, 0.29) is 5.56 Å². The molecule has 8 heteroatoms. The Morgan fingerprint density at radius 3 is 2.14 bits per heavy atom. The van der Waals surface area contributed by atoms with Crippen molar-refractivity contribution in [1.82, 2.24) is 0 Å². The molecular formula is C13H8BF6O-. The second kappa shape index (κ2) is 5.71. The summed E-state index contributed by atoms with van der Waals surface area (Å²) in [5, 5.41) is 0. The van der Waals surface area contributed by atoms with Crippen molar-refractivity contribution < 1.29 is 30.9 Å². The van der Waals surface area contributed by atoms with Gasteiger partial charge < -0.3 is 17.7 Å². The first kappa shape index (κ1) is 15.3. The van der Waals surface area contributed by atoms with E-state index >= 15 is 0 Å². The van der Waals surface area contributed by atoms with Gasteiger partial charge in [0.15, 0.2) is 0 Å². The quantitative estimate of drug-likeness (QED) is 0.618. The summed E-state index contributed by atoms with van der Waals surface area (Å²) in [5.74, 6) is -3.26. The highest BCUT2D eigenvalue weighted by molar-refractivity contribution is 6.74. The van der Waals surface area contributed by atoms with Crippen LogP contribution in [0.1, 0.15) is 5.56 Å². The molecule has 0 saturated carbocycles. The zero-order valence-corrected chi connectivity index (χ0v) is 10.4. The summed E-state index contributed by atoms with van der Waals surface area (Å²) < 4.78 is 82.5. The predicted octanol–water partition coefficient (Wildman–Crippen LogP) is 3.74. The van der Waals surface area contributed by atoms with Crippen LogP contribution in [0.4, 0.5) is 26.1 Å². The van der Waals surface area contributed by atoms with E-state index in [4.69, 9.17) is 4.74 Å². The van der Waals surface area contributed by atoms with Crippen molar-refractivity contribution in [1.29, 1.82) is 0 Å². The highest BCUT2D eigenvalue weighted by Gasteiger charge is 2.29. The topological polar surface area (TPSA) is 9.23 Å². The van der Waals surface area contributed by atoms with Gasteiger partial charge in [0.25, 0.3) is 0 Å². The van der Waals surface area contributed by atoms with E-state index < -0.39 is 42.2 Å². The summed E-state index contributed by atoms with van der Waals surface area (Å²) in [4.78, 5) is 0. The lowest BCUT2D eigenvalue weighted by atomic mass is 9.79. The smallest absolute Gasteiger partial charge is 0.492 e. The molecule has 112 valence electrons. The molecule has 0 aliphatic rings. The fraction of sp³-hybridized carbons (Fsp3) is 0.0769. The van der Waals surface area contributed by atoms with Crippen molar-refractivity contribution in [2.75, 3.05) is 0 Å². The first-order valence-electron chi connectivity index (χ1n) is 5.83. The summed E-state index contributed by atoms with van der Waals surface area (Å²) in [6.45, 7) is -6.06. The Balaban J connectivity index is 2.27. The van der Waals surface area contributed by atoms with Crippen LogP contribution in [0.25, 0.3) is 0 Å². The maximum atomic E-state index is 13.3. The molecule has 0 aliphatic heterocycles. The third-order valence-electron chi connectivity index (χ3n) is 2.72. The van der Waals surface area contributed by atoms with Gasteiger partial charge in [-0.3, -0.25) is 0 Å². The maximum absolute atomic E-state index is 13.3. The van der Waals surface area contributed by atoms with Gasteiger partial charge >= 0.3 is 6.98 Å². The van der Waals surface area contributed by atoms with Crippen LogP contribution in [-0.4, -0.2) is 6.98 Å². The molecule has 0 bridgehead atoms. The molecule has 0 N–H and O–H groups in total. The average Bonchev–Trinajstić information content (AvgIpc) is 2.38. The Hall–Kier alpha value is -2.12. The minimum Gasteiger partial charge on any atom is -0.492 e. The van der Waals surface area contributed by atoms with Crippen molar-refractivity contribution in [3.05, 3.63) is 59.4 Å². The molecule has 0 amide bonds. The van der Waals surface area contributed by atoms with Crippen molar-refractivity contribution in [2.24, 2.45) is 0 Å². The Morgan fingerprint density at radius 2 is 1.48 bits per heavy atom. The maximum Gasteiger partial charge on any atom is 0.513 e. The number of hydrogen-bond donors (Lipinski definition) is 0. The SMILES string of the molecule is Fc1ccc(F)c(COc2cc(F)ccc2[B-](F)(F)F)c1. The molecule has 0 unspecified atom stereocenters. The monoisotopic (exact) mass is 305 g/mol. The van der Waals surface area contributed by atoms with E-state index in [0.717, 1.165) is 18.2 Å². The normalized spacial score (nSPS) is 11.5. The number of halogens is 6. The van der Waals surface area contributed by atoms with Gasteiger partial charge in [-0.15, -0.1) is 0 Å². The molecule has 0 aromatic heterocycles. The standard InChI is InChI=1S/C13H8BF6O/c15-9-2-4-12(17)8(5-9)7-21-13-6-10(16)1-3-11(13)14(18,19)20/h1-6H,7H2/q-1. The van der Waals surface area contributed by atoms with Crippen LogP contribution in [-0.2, 0) is 6.61 Å². The van der Waals surface area contributed by atoms with E-state index in [1.807, 2.05) is 0 Å². The van der Waals surface area contributed by atoms with E-state index in [0.29, 0.717) is 18.2 Å². The van der Waals surface area contributed by atoms with Crippen LogP contribution in [0.5, 0.6) is 5.75 Å². The van der Waals surface area contributed by atoms with Crippen LogP contribution in [0.15, 0.2) is 36.4 Å². The molecule has 1 nitrogen and oxygen atoms in total. The summed E-state index contributed by atoms with van der Waals surface area (Å²) in [6, 6.07) is 4.25. The van der Waals surface area contributed by atoms with Crippen molar-refractivity contribution in [3.63, 3.8) is 0 Å². The Kier molecular flexibility index (Phi) is 4.15. The van der Waals surface area contributed by atoms with Crippen molar-refractivity contribution in [2.45, 2.75) is 6.61 Å². The molecule has 0 atom stereocenters. The van der Waals surface area contributed by atoms with Gasteiger partial charge in [-0.2, -0.15) is 0 Å². The number of hydrogen-bond acceptors (Lipinski definition) is 1. The van der Waals surface area contributed by atoms with Gasteiger partial charge in [0.2, 0.25) is 0 Å². The molecule has 0 spiro atoms. The molecule has 0 fully saturated rings. The third-order valence-corrected chi connectivity index (χ3v) is 2.72. The fourth-order valence-electron chi connectivity index (χ4n) is 1.71. The number of rotatable bonds is 4. The lowest BCUT2D eigenvalue weighted by Crippen LogP contribution is -2.35. The minimum atomic E-state index is -5.41. The Bertz CT molecular complexity index is 656. The van der Waals surface area contributed by atoms with Gasteiger partial charge in [-0.1, -0.05) is 11.5 Å². The molecule has 21 heavy (non-hydrogen) atoms. The highest BCUT2D eigenvalue weighted by atomic mass is 19.4. The number of benzene rings is 2. The summed E-state index contributed by atoms with van der Waals surface area (Å²) >= 11 is 0. The molecule has 0 radical (unpaired) electrons. The molecule has 2 rings (SSSR count). The van der Waals surface area contributed by atoms with Crippen LogP contribution >= 0.6 is 0 Å². The van der Waals surface area contributed by atoms with Gasteiger partial charge in [0.1, 0.15) is 24.1 Å². The first-order valence-corrected chi connectivity index (χ1v) is 5.83. The van der Waals surface area contributed by atoms with E-state index in [2.05, 4.69) is 0 Å². The summed E-state index contributed by atoms with van der Waals surface area (Å²) in [5.41, 5.74) is -1.40. The second-order valence-electron chi connectivity index (χ2n) is 4.28. The van der Waals surface area contributed by atoms with Crippen LogP contribution in [0.2, 0.25) is 0 Å². The van der Waals surface area contributed by atoms with Crippen molar-refractivity contribution in [3.8, 4) is 5.75 Å². The lowest BCUT2D eigenvalue weighted by Gasteiger charge is -2.20. The molecular weight excluding hydrogens is 297 g/mol. The lowest BCUT2D eigenvalue weighted by molar-refractivity contribution is 0.298. The molecule has 0 heterocycles. The molecule has 0 aliphatic carbocycles. The predicted molar refractivity (Wildman–Crippen MR) is 65.8 cm³/mol. The minimum absolute atomic E-state index is 0.264. The summed E-state index contributed by atoms with van der Waals surface area (Å²) in [7, 11) is 0. The van der Waals surface area contributed by atoms with Gasteiger partial charge in [-0.25, -0.2) is 13.2 Å². The van der Waals surface area contributed by atoms with Gasteiger partial charge in [-0.05, 0) is 24.3 Å². The average molecular weight is 305 g/mol. The summed E-state index contributed by atoms with van der Waals surface area (Å²) in [6.07, 6.45) is 0. The van der Waals surface area contributed by atoms with E-state index in [1.165, 1.54) is 0 Å². The Labute approximate surface area is 116 Å². The van der Waals surface area contributed by atoms with Gasteiger partial charge in [0.05, 0.1) is 5.75 Å². The van der Waals surface area contributed by atoms with Crippen LogP contribution < -0.4 is 10.2 Å². The zero-order chi connectivity index (χ0) is 15.6. The van der Waals surface area contributed by atoms with Gasteiger partial charge in [0, 0.05) is 11.6 Å². The number of ether oxygens (including phenoxy) is 1. The largest absolute Gasteiger partial charge is 0.513 e. The van der Waals surface area contributed by atoms with Crippen molar-refractivity contribution >= 4 is 12.4 Å². The molecule has 0 saturated heterocycles. The van der Waals surface area contributed by atoms with Crippen LogP contribution in [0, 0.1) is 17.5 Å². The Morgan fingerprint density at radius 1 is 0.857 bits per heavy atom. The zero-order valence-electron chi connectivity index (χ0n) is 10.4. The third kappa shape index (κ3) is 3.71. The second-order valence-corrected chi connectivity index (χ2v) is 4.28.